The summed E-state index contributed by atoms with van der Waals surface area (Å²) in [5.41, 5.74) is 0.294. The fraction of sp³-hybridized carbons (Fsp3) is 0.947. The number of thioether (sulfide) groups is 1. The molecule has 1 spiro atoms. The minimum Gasteiger partial charge on any atom is -0.343 e. The molecule has 2 fully saturated rings. The molecule has 0 aliphatic carbocycles. The monoisotopic (exact) mass is 355 g/mol. The van der Waals surface area contributed by atoms with Crippen molar-refractivity contribution in [3.05, 3.63) is 0 Å². The number of hydrogen-bond donors (Lipinski definition) is 0. The van der Waals surface area contributed by atoms with Gasteiger partial charge in [0.25, 0.3) is 0 Å². The van der Waals surface area contributed by atoms with Crippen molar-refractivity contribution in [3.63, 3.8) is 0 Å². The first-order chi connectivity index (χ1) is 11.5. The molecule has 2 aliphatic heterocycles. The summed E-state index contributed by atoms with van der Waals surface area (Å²) in [5, 5.41) is 0.749. The summed E-state index contributed by atoms with van der Waals surface area (Å²) in [6.07, 6.45) is 8.63. The van der Waals surface area contributed by atoms with E-state index < -0.39 is 0 Å². The van der Waals surface area contributed by atoms with Gasteiger partial charge in [-0.15, -0.1) is 0 Å². The van der Waals surface area contributed by atoms with E-state index >= 15 is 0 Å². The van der Waals surface area contributed by atoms with Gasteiger partial charge >= 0.3 is 0 Å². The quantitative estimate of drug-likeness (QED) is 0.701. The molecule has 5 heteroatoms. The summed E-state index contributed by atoms with van der Waals surface area (Å²) < 4.78 is 0. The number of piperidine rings is 1. The maximum absolute atomic E-state index is 12.3. The van der Waals surface area contributed by atoms with Gasteiger partial charge in [-0.05, 0) is 45.5 Å². The molecule has 2 aliphatic rings. The zero-order valence-corrected chi connectivity index (χ0v) is 17.0. The molecule has 0 unspecified atom stereocenters. The predicted octanol–water partition coefficient (Wildman–Crippen LogP) is 2.93. The highest BCUT2D eigenvalue weighted by atomic mass is 32.2. The maximum atomic E-state index is 12.3. The van der Waals surface area contributed by atoms with Crippen LogP contribution in [0.3, 0.4) is 0 Å². The first-order valence-corrected chi connectivity index (χ1v) is 11.0. The van der Waals surface area contributed by atoms with Gasteiger partial charge in [0.2, 0.25) is 5.91 Å². The summed E-state index contributed by atoms with van der Waals surface area (Å²) in [6, 6.07) is 0. The SMILES string of the molecule is CCCCC(=O)N1CCC2(CC1)CN(CC[C@H](C)SC)CCN2C. The molecular formula is C19H37N3OS. The average Bonchev–Trinajstić information content (AvgIpc) is 2.61. The standard InChI is InChI=1S/C19H37N3OS/c1-5-6-7-18(23)22-12-9-19(10-13-22)16-21(15-14-20(19)3)11-8-17(2)24-4/h17H,5-16H2,1-4H3/t17-/m0/s1. The average molecular weight is 356 g/mol. The highest BCUT2D eigenvalue weighted by Crippen LogP contribution is 2.32. The third-order valence-electron chi connectivity index (χ3n) is 6.12. The van der Waals surface area contributed by atoms with Crippen LogP contribution >= 0.6 is 11.8 Å². The van der Waals surface area contributed by atoms with E-state index in [2.05, 4.69) is 41.9 Å². The minimum absolute atomic E-state index is 0.294. The molecule has 140 valence electrons. The summed E-state index contributed by atoms with van der Waals surface area (Å²) in [5.74, 6) is 0.371. The van der Waals surface area contributed by atoms with E-state index in [-0.39, 0.29) is 0 Å². The maximum Gasteiger partial charge on any atom is 0.222 e. The van der Waals surface area contributed by atoms with E-state index in [1.165, 1.54) is 26.1 Å². The fourth-order valence-electron chi connectivity index (χ4n) is 4.02. The molecule has 4 nitrogen and oxygen atoms in total. The third kappa shape index (κ3) is 5.12. The van der Waals surface area contributed by atoms with Crippen molar-refractivity contribution in [3.8, 4) is 0 Å². The van der Waals surface area contributed by atoms with Crippen LogP contribution in [0.5, 0.6) is 0 Å². The van der Waals surface area contributed by atoms with E-state index in [1.54, 1.807) is 0 Å². The molecule has 0 aromatic carbocycles. The van der Waals surface area contributed by atoms with Crippen molar-refractivity contribution in [2.75, 3.05) is 52.6 Å². The second-order valence-electron chi connectivity index (χ2n) is 7.74. The molecule has 2 heterocycles. The molecule has 2 saturated heterocycles. The molecule has 0 N–H and O–H groups in total. The Hall–Kier alpha value is -0.260. The van der Waals surface area contributed by atoms with Crippen molar-refractivity contribution >= 4 is 17.7 Å². The molecule has 24 heavy (non-hydrogen) atoms. The number of carbonyl (C=O) groups is 1. The van der Waals surface area contributed by atoms with E-state index in [4.69, 9.17) is 0 Å². The lowest BCUT2D eigenvalue weighted by molar-refractivity contribution is -0.135. The van der Waals surface area contributed by atoms with E-state index in [9.17, 15) is 4.79 Å². The summed E-state index contributed by atoms with van der Waals surface area (Å²) in [6.45, 7) is 11.1. The highest BCUT2D eigenvalue weighted by molar-refractivity contribution is 7.99. The Kier molecular flexibility index (Phi) is 7.89. The molecular weight excluding hydrogens is 318 g/mol. The Morgan fingerprint density at radius 2 is 1.92 bits per heavy atom. The number of nitrogens with zero attached hydrogens (tertiary/aromatic N) is 3. The lowest BCUT2D eigenvalue weighted by Crippen LogP contribution is -2.64. The summed E-state index contributed by atoms with van der Waals surface area (Å²) in [7, 11) is 2.29. The number of carbonyl (C=O) groups excluding carboxylic acids is 1. The molecule has 0 aromatic heterocycles. The number of unbranched alkanes of at least 4 members (excludes halogenated alkanes) is 1. The van der Waals surface area contributed by atoms with Crippen molar-refractivity contribution in [2.24, 2.45) is 0 Å². The zero-order valence-electron chi connectivity index (χ0n) is 16.2. The molecule has 1 amide bonds. The van der Waals surface area contributed by atoms with Crippen LogP contribution in [0.4, 0.5) is 0 Å². The van der Waals surface area contributed by atoms with E-state index in [1.807, 2.05) is 11.8 Å². The van der Waals surface area contributed by atoms with Crippen LogP contribution in [0, 0.1) is 0 Å². The zero-order chi connectivity index (χ0) is 17.6. The van der Waals surface area contributed by atoms with Gasteiger partial charge in [0, 0.05) is 49.9 Å². The van der Waals surface area contributed by atoms with Crippen LogP contribution < -0.4 is 0 Å². The van der Waals surface area contributed by atoms with Crippen LogP contribution in [0.25, 0.3) is 0 Å². The predicted molar refractivity (Wildman–Crippen MR) is 105 cm³/mol. The Morgan fingerprint density at radius 3 is 2.54 bits per heavy atom. The van der Waals surface area contributed by atoms with Crippen molar-refractivity contribution < 1.29 is 4.79 Å². The van der Waals surface area contributed by atoms with Crippen molar-refractivity contribution in [2.45, 2.75) is 63.2 Å². The molecule has 0 aromatic rings. The first kappa shape index (κ1) is 20.1. The van der Waals surface area contributed by atoms with Gasteiger partial charge in [0.05, 0.1) is 0 Å². The van der Waals surface area contributed by atoms with Crippen LogP contribution in [0.15, 0.2) is 0 Å². The molecule has 2 rings (SSSR count). The lowest BCUT2D eigenvalue weighted by Gasteiger charge is -2.53. The highest BCUT2D eigenvalue weighted by Gasteiger charge is 2.42. The lowest BCUT2D eigenvalue weighted by atomic mass is 9.83. The van der Waals surface area contributed by atoms with Gasteiger partial charge in [-0.2, -0.15) is 11.8 Å². The molecule has 1 atom stereocenters. The molecule has 0 radical (unpaired) electrons. The Morgan fingerprint density at radius 1 is 1.21 bits per heavy atom. The largest absolute Gasteiger partial charge is 0.343 e. The smallest absolute Gasteiger partial charge is 0.222 e. The third-order valence-corrected chi connectivity index (χ3v) is 7.17. The Bertz CT molecular complexity index is 396. The Balaban J connectivity index is 1.86. The van der Waals surface area contributed by atoms with Crippen LogP contribution in [-0.2, 0) is 4.79 Å². The second kappa shape index (κ2) is 9.44. The number of likely N-dealkylation sites (N-methyl/N-ethyl adjacent to an activating group) is 1. The number of hydrogen-bond acceptors (Lipinski definition) is 4. The van der Waals surface area contributed by atoms with Gasteiger partial charge < -0.3 is 9.80 Å². The number of likely N-dealkylation sites (tertiary alicyclic amines) is 1. The van der Waals surface area contributed by atoms with Gasteiger partial charge in [-0.25, -0.2) is 0 Å². The van der Waals surface area contributed by atoms with Gasteiger partial charge in [-0.1, -0.05) is 20.3 Å². The van der Waals surface area contributed by atoms with Gasteiger partial charge in [0.1, 0.15) is 0 Å². The van der Waals surface area contributed by atoms with E-state index in [0.29, 0.717) is 11.4 Å². The fourth-order valence-corrected chi connectivity index (χ4v) is 4.36. The minimum atomic E-state index is 0.294. The van der Waals surface area contributed by atoms with Crippen molar-refractivity contribution in [1.29, 1.82) is 0 Å². The van der Waals surface area contributed by atoms with Gasteiger partial charge in [0.15, 0.2) is 0 Å². The van der Waals surface area contributed by atoms with Crippen LogP contribution in [-0.4, -0.2) is 84.0 Å². The second-order valence-corrected chi connectivity index (χ2v) is 9.02. The number of rotatable bonds is 7. The normalized spacial score (nSPS) is 23.6. The molecule has 0 bridgehead atoms. The number of piperazine rings is 1. The topological polar surface area (TPSA) is 26.8 Å². The van der Waals surface area contributed by atoms with Crippen molar-refractivity contribution in [1.82, 2.24) is 14.7 Å². The molecule has 0 saturated carbocycles. The van der Waals surface area contributed by atoms with E-state index in [0.717, 1.165) is 57.0 Å². The first-order valence-electron chi connectivity index (χ1n) is 9.75. The van der Waals surface area contributed by atoms with Crippen LogP contribution in [0.1, 0.15) is 52.4 Å². The Labute approximate surface area is 153 Å². The summed E-state index contributed by atoms with van der Waals surface area (Å²) >= 11 is 1.97. The van der Waals surface area contributed by atoms with Gasteiger partial charge in [-0.3, -0.25) is 9.69 Å². The van der Waals surface area contributed by atoms with Crippen LogP contribution in [0.2, 0.25) is 0 Å². The number of amides is 1. The summed E-state index contributed by atoms with van der Waals surface area (Å²) in [4.78, 5) is 19.6.